The standard InChI is InChI=1S/C16H27N5O2/c1-5-19(6-2)10-8-17-16(23)13(4)21-14-11-12(3)18-20(14)9-7-15(21)22/h11,13H,5-10H2,1-4H3,(H,17,23). The van der Waals surface area contributed by atoms with Crippen molar-refractivity contribution < 1.29 is 9.59 Å². The second kappa shape index (κ2) is 7.59. The maximum Gasteiger partial charge on any atom is 0.243 e. The van der Waals surface area contributed by atoms with Crippen LogP contribution in [0, 0.1) is 6.92 Å². The third-order valence-corrected chi connectivity index (χ3v) is 4.32. The number of fused-ring (bicyclic) bond motifs is 1. The van der Waals surface area contributed by atoms with Crippen LogP contribution < -0.4 is 10.2 Å². The summed E-state index contributed by atoms with van der Waals surface area (Å²) in [5.41, 5.74) is 0.855. The molecular formula is C16H27N5O2. The zero-order valence-corrected chi connectivity index (χ0v) is 14.5. The number of likely N-dealkylation sites (N-methyl/N-ethyl adjacent to an activating group) is 1. The summed E-state index contributed by atoms with van der Waals surface area (Å²) in [6.07, 6.45) is 0.380. The van der Waals surface area contributed by atoms with Crippen molar-refractivity contribution in [2.45, 2.75) is 46.7 Å². The van der Waals surface area contributed by atoms with Gasteiger partial charge in [0.25, 0.3) is 0 Å². The Hall–Kier alpha value is -1.89. The van der Waals surface area contributed by atoms with Gasteiger partial charge in [-0.05, 0) is 26.9 Å². The molecule has 7 heteroatoms. The highest BCUT2D eigenvalue weighted by Crippen LogP contribution is 2.24. The van der Waals surface area contributed by atoms with Crippen LogP contribution >= 0.6 is 0 Å². The number of anilines is 1. The van der Waals surface area contributed by atoms with E-state index < -0.39 is 6.04 Å². The van der Waals surface area contributed by atoms with Crippen molar-refractivity contribution in [2.75, 3.05) is 31.1 Å². The van der Waals surface area contributed by atoms with Crippen LogP contribution in [0.2, 0.25) is 0 Å². The van der Waals surface area contributed by atoms with Gasteiger partial charge in [-0.25, -0.2) is 4.68 Å². The van der Waals surface area contributed by atoms with Gasteiger partial charge in [0.1, 0.15) is 11.9 Å². The topological polar surface area (TPSA) is 70.5 Å². The van der Waals surface area contributed by atoms with Crippen molar-refractivity contribution in [3.05, 3.63) is 11.8 Å². The normalized spacial score (nSPS) is 15.7. The van der Waals surface area contributed by atoms with Gasteiger partial charge in [0, 0.05) is 25.6 Å². The fraction of sp³-hybridized carbons (Fsp3) is 0.688. The van der Waals surface area contributed by atoms with Gasteiger partial charge in [-0.1, -0.05) is 13.8 Å². The Labute approximate surface area is 137 Å². The summed E-state index contributed by atoms with van der Waals surface area (Å²) in [7, 11) is 0. The van der Waals surface area contributed by atoms with Crippen molar-refractivity contribution in [3.63, 3.8) is 0 Å². The molecule has 1 unspecified atom stereocenters. The van der Waals surface area contributed by atoms with Crippen LogP contribution in [-0.4, -0.2) is 58.7 Å². The number of hydrogen-bond donors (Lipinski definition) is 1. The molecule has 7 nitrogen and oxygen atoms in total. The summed E-state index contributed by atoms with van der Waals surface area (Å²) in [6.45, 7) is 11.8. The molecule has 2 heterocycles. The Bertz CT molecular complexity index is 565. The van der Waals surface area contributed by atoms with E-state index in [1.54, 1.807) is 16.5 Å². The van der Waals surface area contributed by atoms with Crippen molar-refractivity contribution in [3.8, 4) is 0 Å². The van der Waals surface area contributed by atoms with Crippen molar-refractivity contribution in [1.29, 1.82) is 0 Å². The molecule has 0 aliphatic carbocycles. The van der Waals surface area contributed by atoms with E-state index in [0.29, 0.717) is 25.3 Å². The lowest BCUT2D eigenvalue weighted by Crippen LogP contribution is -2.51. The number of aromatic nitrogens is 2. The number of rotatable bonds is 7. The van der Waals surface area contributed by atoms with Gasteiger partial charge < -0.3 is 10.2 Å². The van der Waals surface area contributed by atoms with Crippen LogP contribution in [0.5, 0.6) is 0 Å². The molecule has 1 aliphatic heterocycles. The summed E-state index contributed by atoms with van der Waals surface area (Å²) >= 11 is 0. The Morgan fingerprint density at radius 2 is 2.13 bits per heavy atom. The van der Waals surface area contributed by atoms with Crippen LogP contribution in [0.3, 0.4) is 0 Å². The smallest absolute Gasteiger partial charge is 0.243 e. The fourth-order valence-electron chi connectivity index (χ4n) is 2.90. The van der Waals surface area contributed by atoms with Crippen LogP contribution in [0.25, 0.3) is 0 Å². The van der Waals surface area contributed by atoms with E-state index in [1.165, 1.54) is 0 Å². The third-order valence-electron chi connectivity index (χ3n) is 4.32. The minimum absolute atomic E-state index is 0.0243. The Kier molecular flexibility index (Phi) is 5.76. The zero-order valence-electron chi connectivity index (χ0n) is 14.5. The van der Waals surface area contributed by atoms with Crippen molar-refractivity contribution >= 4 is 17.6 Å². The lowest BCUT2D eigenvalue weighted by molar-refractivity contribution is -0.126. The van der Waals surface area contributed by atoms with E-state index >= 15 is 0 Å². The van der Waals surface area contributed by atoms with E-state index in [2.05, 4.69) is 29.2 Å². The highest BCUT2D eigenvalue weighted by atomic mass is 16.2. The molecule has 2 rings (SSSR count). The summed E-state index contributed by atoms with van der Waals surface area (Å²) in [5, 5.41) is 7.30. The van der Waals surface area contributed by atoms with Gasteiger partial charge in [-0.3, -0.25) is 14.5 Å². The largest absolute Gasteiger partial charge is 0.353 e. The molecule has 128 valence electrons. The second-order valence-electron chi connectivity index (χ2n) is 5.87. The third kappa shape index (κ3) is 3.90. The minimum atomic E-state index is -0.533. The van der Waals surface area contributed by atoms with Gasteiger partial charge in [-0.2, -0.15) is 5.10 Å². The molecule has 1 atom stereocenters. The second-order valence-corrected chi connectivity index (χ2v) is 5.87. The van der Waals surface area contributed by atoms with Crippen LogP contribution in [0.15, 0.2) is 6.07 Å². The number of hydrogen-bond acceptors (Lipinski definition) is 4. The quantitative estimate of drug-likeness (QED) is 0.805. The first-order valence-electron chi connectivity index (χ1n) is 8.34. The Morgan fingerprint density at radius 1 is 1.43 bits per heavy atom. The molecule has 0 saturated heterocycles. The Morgan fingerprint density at radius 3 is 2.78 bits per heavy atom. The number of nitrogens with zero attached hydrogens (tertiary/aromatic N) is 4. The van der Waals surface area contributed by atoms with E-state index in [4.69, 9.17) is 0 Å². The van der Waals surface area contributed by atoms with Gasteiger partial charge in [0.05, 0.1) is 12.2 Å². The summed E-state index contributed by atoms with van der Waals surface area (Å²) in [6, 6.07) is 1.32. The monoisotopic (exact) mass is 321 g/mol. The molecule has 0 bridgehead atoms. The van der Waals surface area contributed by atoms with Crippen LogP contribution in [-0.2, 0) is 16.1 Å². The lowest BCUT2D eigenvalue weighted by Gasteiger charge is -2.32. The number of nitrogens with one attached hydrogen (secondary N) is 1. The highest BCUT2D eigenvalue weighted by molar-refractivity contribution is 6.00. The molecule has 1 aromatic heterocycles. The maximum absolute atomic E-state index is 12.4. The van der Waals surface area contributed by atoms with E-state index in [-0.39, 0.29) is 11.8 Å². The molecular weight excluding hydrogens is 294 g/mol. The van der Waals surface area contributed by atoms with Crippen molar-refractivity contribution in [1.82, 2.24) is 20.0 Å². The SMILES string of the molecule is CCN(CC)CCNC(=O)C(C)N1C(=O)CCn2nc(C)cc21. The lowest BCUT2D eigenvalue weighted by atomic mass is 10.2. The average Bonchev–Trinajstić information content (AvgIpc) is 2.91. The molecule has 0 aromatic carbocycles. The van der Waals surface area contributed by atoms with Gasteiger partial charge >= 0.3 is 0 Å². The molecule has 1 N–H and O–H groups in total. The summed E-state index contributed by atoms with van der Waals surface area (Å²) in [5.74, 6) is 0.562. The summed E-state index contributed by atoms with van der Waals surface area (Å²) < 4.78 is 1.80. The first-order valence-corrected chi connectivity index (χ1v) is 8.34. The maximum atomic E-state index is 12.4. The molecule has 23 heavy (non-hydrogen) atoms. The number of carbonyl (C=O) groups excluding carboxylic acids is 2. The van der Waals surface area contributed by atoms with E-state index in [0.717, 1.165) is 25.3 Å². The summed E-state index contributed by atoms with van der Waals surface area (Å²) in [4.78, 5) is 28.5. The Balaban J connectivity index is 2.00. The van der Waals surface area contributed by atoms with Crippen LogP contribution in [0.1, 0.15) is 32.9 Å². The first kappa shape index (κ1) is 17.5. The highest BCUT2D eigenvalue weighted by Gasteiger charge is 2.32. The average molecular weight is 321 g/mol. The fourth-order valence-corrected chi connectivity index (χ4v) is 2.90. The number of aryl methyl sites for hydroxylation is 2. The minimum Gasteiger partial charge on any atom is -0.353 e. The van der Waals surface area contributed by atoms with Gasteiger partial charge in [0.2, 0.25) is 11.8 Å². The first-order chi connectivity index (χ1) is 11.0. The molecule has 2 amide bonds. The molecule has 0 radical (unpaired) electrons. The van der Waals surface area contributed by atoms with Gasteiger partial charge in [-0.15, -0.1) is 0 Å². The van der Waals surface area contributed by atoms with Gasteiger partial charge in [0.15, 0.2) is 0 Å². The molecule has 1 aromatic rings. The predicted molar refractivity (Wildman–Crippen MR) is 89.3 cm³/mol. The van der Waals surface area contributed by atoms with E-state index in [9.17, 15) is 9.59 Å². The molecule has 0 saturated carbocycles. The van der Waals surface area contributed by atoms with E-state index in [1.807, 2.05) is 13.0 Å². The predicted octanol–water partition coefficient (Wildman–Crippen LogP) is 0.775. The number of carbonyl (C=O) groups is 2. The van der Waals surface area contributed by atoms with Crippen LogP contribution in [0.4, 0.5) is 5.82 Å². The molecule has 0 spiro atoms. The number of amides is 2. The molecule has 1 aliphatic rings. The zero-order chi connectivity index (χ0) is 17.0. The van der Waals surface area contributed by atoms with Crippen molar-refractivity contribution in [2.24, 2.45) is 0 Å². The molecule has 0 fully saturated rings.